The zero-order chi connectivity index (χ0) is 26.6. The Labute approximate surface area is 227 Å². The molecule has 8 unspecified atom stereocenters. The molecule has 0 bridgehead atoms. The number of nitrogens with two attached hydrogens (primary N) is 1. The third-order valence-electron chi connectivity index (χ3n) is 11.1. The van der Waals surface area contributed by atoms with Gasteiger partial charge in [0.1, 0.15) is 6.10 Å². The van der Waals surface area contributed by atoms with Crippen LogP contribution in [0.15, 0.2) is 0 Å². The maximum absolute atomic E-state index is 13.7. The number of hydrogen-bond donors (Lipinski definition) is 3. The molecule has 3 heterocycles. The summed E-state index contributed by atoms with van der Waals surface area (Å²) in [4.78, 5) is 28.9. The molecule has 0 aromatic carbocycles. The molecule has 3 saturated carbocycles. The van der Waals surface area contributed by atoms with E-state index in [0.29, 0.717) is 61.2 Å². The van der Waals surface area contributed by atoms with Crippen molar-refractivity contribution in [2.24, 2.45) is 34.7 Å². The molecule has 0 spiro atoms. The minimum atomic E-state index is -3.47. The van der Waals surface area contributed by atoms with Gasteiger partial charge in [-0.2, -0.15) is 0 Å². The molecule has 6 rings (SSSR count). The highest BCUT2D eigenvalue weighted by Gasteiger charge is 2.61. The standard InChI is InChI=1S/C28H46N4O5S/c1-16(27(33)31-15-17-6-9-19(10-7-17)38(29,35)36)37-18-8-11-24-23(14-18)21-12-13-30-25-20-4-2-3-5-22(20)28(34)32(24)26(21)25/h16-26,30H,2-15H2,1H3,(H,31,33)(H2,29,35,36)/t16-,17?,18?,19?,20?,21?,22?,23?,24?,25?,26?/m0/s1. The molecule has 3 aliphatic heterocycles. The highest BCUT2D eigenvalue weighted by atomic mass is 32.2. The molecule has 9 atom stereocenters. The summed E-state index contributed by atoms with van der Waals surface area (Å²) in [6, 6.07) is 1.13. The minimum Gasteiger partial charge on any atom is -0.365 e. The Hall–Kier alpha value is -1.23. The highest BCUT2D eigenvalue weighted by molar-refractivity contribution is 7.89. The fourth-order valence-electron chi connectivity index (χ4n) is 9.33. The average Bonchev–Trinajstić information content (AvgIpc) is 3.25. The van der Waals surface area contributed by atoms with Crippen molar-refractivity contribution in [2.75, 3.05) is 13.1 Å². The molecule has 3 saturated heterocycles. The maximum atomic E-state index is 13.7. The van der Waals surface area contributed by atoms with Crippen molar-refractivity contribution >= 4 is 21.8 Å². The number of fused-ring (bicyclic) bond motifs is 5. The number of carbonyl (C=O) groups excluding carboxylic acids is 2. The van der Waals surface area contributed by atoms with Crippen molar-refractivity contribution < 1.29 is 22.7 Å². The second-order valence-corrected chi connectivity index (χ2v) is 15.0. The molecule has 214 valence electrons. The van der Waals surface area contributed by atoms with E-state index in [1.807, 2.05) is 6.92 Å². The quantitative estimate of drug-likeness (QED) is 0.463. The first-order chi connectivity index (χ1) is 18.2. The van der Waals surface area contributed by atoms with Crippen molar-refractivity contribution in [1.29, 1.82) is 0 Å². The molecule has 9 nitrogen and oxygen atoms in total. The molecule has 2 amide bonds. The number of sulfonamides is 1. The molecular formula is C28H46N4O5S. The Morgan fingerprint density at radius 2 is 1.82 bits per heavy atom. The van der Waals surface area contributed by atoms with Crippen molar-refractivity contribution in [3.8, 4) is 0 Å². The molecular weight excluding hydrogens is 504 g/mol. The topological polar surface area (TPSA) is 131 Å². The van der Waals surface area contributed by atoms with Crippen LogP contribution in [0.5, 0.6) is 0 Å². The second-order valence-electron chi connectivity index (χ2n) is 13.1. The first kappa shape index (κ1) is 27.0. The monoisotopic (exact) mass is 550 g/mol. The fraction of sp³-hybridized carbons (Fsp3) is 0.929. The van der Waals surface area contributed by atoms with Crippen LogP contribution in [0.1, 0.15) is 84.0 Å². The van der Waals surface area contributed by atoms with Crippen molar-refractivity contribution in [1.82, 2.24) is 15.5 Å². The molecule has 0 radical (unpaired) electrons. The molecule has 6 aliphatic rings. The van der Waals surface area contributed by atoms with E-state index in [-0.39, 0.29) is 23.8 Å². The molecule has 6 fully saturated rings. The fourth-order valence-corrected chi connectivity index (χ4v) is 10.3. The van der Waals surface area contributed by atoms with Gasteiger partial charge in [0.15, 0.2) is 0 Å². The van der Waals surface area contributed by atoms with E-state index in [0.717, 1.165) is 51.5 Å². The van der Waals surface area contributed by atoms with Crippen LogP contribution < -0.4 is 15.8 Å². The predicted molar refractivity (Wildman–Crippen MR) is 143 cm³/mol. The highest BCUT2D eigenvalue weighted by Crippen LogP contribution is 2.54. The van der Waals surface area contributed by atoms with Crippen LogP contribution in [0.3, 0.4) is 0 Å². The normalized spacial score (nSPS) is 43.5. The summed E-state index contributed by atoms with van der Waals surface area (Å²) in [5, 5.41) is 11.7. The van der Waals surface area contributed by atoms with Crippen LogP contribution in [0.2, 0.25) is 0 Å². The Kier molecular flexibility index (Phi) is 7.55. The smallest absolute Gasteiger partial charge is 0.248 e. The van der Waals surface area contributed by atoms with E-state index in [9.17, 15) is 18.0 Å². The Bertz CT molecular complexity index is 1010. The number of amides is 2. The SMILES string of the molecule is C[C@H](OC1CCC2C(C1)C1CCNC3C4CCCCC4C(=O)N2C13)C(=O)NCC1CCC(S(N)(=O)=O)CC1. The third-order valence-corrected chi connectivity index (χ3v) is 12.5. The Morgan fingerprint density at radius 3 is 2.58 bits per heavy atom. The molecule has 4 N–H and O–H groups in total. The van der Waals surface area contributed by atoms with Gasteiger partial charge in [-0.3, -0.25) is 9.59 Å². The van der Waals surface area contributed by atoms with E-state index in [1.165, 1.54) is 19.3 Å². The van der Waals surface area contributed by atoms with Gasteiger partial charge in [-0.15, -0.1) is 0 Å². The Morgan fingerprint density at radius 1 is 1.05 bits per heavy atom. The molecule has 38 heavy (non-hydrogen) atoms. The van der Waals surface area contributed by atoms with Crippen LogP contribution >= 0.6 is 0 Å². The van der Waals surface area contributed by atoms with Crippen molar-refractivity contribution in [2.45, 2.75) is 120 Å². The van der Waals surface area contributed by atoms with Gasteiger partial charge in [0, 0.05) is 24.5 Å². The van der Waals surface area contributed by atoms with E-state index in [4.69, 9.17) is 9.88 Å². The lowest BCUT2D eigenvalue weighted by Gasteiger charge is -2.52. The number of hydrogen-bond acceptors (Lipinski definition) is 6. The molecule has 0 aromatic rings. The van der Waals surface area contributed by atoms with Crippen LogP contribution in [-0.2, 0) is 24.3 Å². The first-order valence-corrected chi connectivity index (χ1v) is 16.8. The minimum absolute atomic E-state index is 0.0502. The number of nitrogens with one attached hydrogen (secondary N) is 2. The lowest BCUT2D eigenvalue weighted by Crippen LogP contribution is -2.66. The lowest BCUT2D eigenvalue weighted by molar-refractivity contribution is -0.152. The van der Waals surface area contributed by atoms with Gasteiger partial charge in [-0.1, -0.05) is 12.8 Å². The van der Waals surface area contributed by atoms with Gasteiger partial charge < -0.3 is 20.3 Å². The average molecular weight is 551 g/mol. The van der Waals surface area contributed by atoms with E-state index < -0.39 is 21.4 Å². The number of ether oxygens (including phenoxy) is 1. The number of primary sulfonamides is 1. The summed E-state index contributed by atoms with van der Waals surface area (Å²) in [5.74, 6) is 2.35. The van der Waals surface area contributed by atoms with E-state index >= 15 is 0 Å². The van der Waals surface area contributed by atoms with Crippen LogP contribution in [0.4, 0.5) is 0 Å². The van der Waals surface area contributed by atoms with Gasteiger partial charge in [0.2, 0.25) is 21.8 Å². The predicted octanol–water partition coefficient (Wildman–Crippen LogP) is 1.90. The van der Waals surface area contributed by atoms with Crippen LogP contribution in [0, 0.1) is 29.6 Å². The summed E-state index contributed by atoms with van der Waals surface area (Å²) in [6.07, 6.45) is 10.8. The molecule has 0 aromatic heterocycles. The summed E-state index contributed by atoms with van der Waals surface area (Å²) in [6.45, 7) is 3.44. The molecule has 3 aliphatic carbocycles. The van der Waals surface area contributed by atoms with E-state index in [1.54, 1.807) is 0 Å². The maximum Gasteiger partial charge on any atom is 0.248 e. The summed E-state index contributed by atoms with van der Waals surface area (Å²) in [5.41, 5.74) is 0. The largest absolute Gasteiger partial charge is 0.365 e. The van der Waals surface area contributed by atoms with E-state index in [2.05, 4.69) is 15.5 Å². The molecule has 10 heteroatoms. The first-order valence-electron chi connectivity index (χ1n) is 15.2. The van der Waals surface area contributed by atoms with Gasteiger partial charge in [-0.05, 0) is 101 Å². The summed E-state index contributed by atoms with van der Waals surface area (Å²) in [7, 11) is -3.47. The zero-order valence-electron chi connectivity index (χ0n) is 22.7. The second kappa shape index (κ2) is 10.6. The van der Waals surface area contributed by atoms with Gasteiger partial charge in [0.05, 0.1) is 17.4 Å². The number of piperidine rings is 2. The number of carbonyl (C=O) groups is 2. The zero-order valence-corrected chi connectivity index (χ0v) is 23.5. The van der Waals surface area contributed by atoms with Gasteiger partial charge in [0.25, 0.3) is 0 Å². The lowest BCUT2D eigenvalue weighted by atomic mass is 9.66. The summed E-state index contributed by atoms with van der Waals surface area (Å²) < 4.78 is 29.5. The van der Waals surface area contributed by atoms with Crippen LogP contribution in [-0.4, -0.2) is 73.8 Å². The number of nitrogens with zero attached hydrogens (tertiary/aromatic N) is 1. The Balaban J connectivity index is 1.03. The summed E-state index contributed by atoms with van der Waals surface area (Å²) >= 11 is 0. The van der Waals surface area contributed by atoms with Crippen molar-refractivity contribution in [3.05, 3.63) is 0 Å². The third kappa shape index (κ3) is 4.92. The number of rotatable bonds is 6. The van der Waals surface area contributed by atoms with Gasteiger partial charge in [-0.25, -0.2) is 13.6 Å². The van der Waals surface area contributed by atoms with Gasteiger partial charge >= 0.3 is 0 Å². The van der Waals surface area contributed by atoms with Crippen LogP contribution in [0.25, 0.3) is 0 Å². The van der Waals surface area contributed by atoms with Crippen molar-refractivity contribution in [3.63, 3.8) is 0 Å².